The number of nitrogens with two attached hydrogens (primary N) is 1. The summed E-state index contributed by atoms with van der Waals surface area (Å²) in [7, 11) is -3.68. The topological polar surface area (TPSA) is 89.3 Å². The Morgan fingerprint density at radius 1 is 1.37 bits per heavy atom. The molecule has 5 nitrogen and oxygen atoms in total. The van der Waals surface area contributed by atoms with Gasteiger partial charge in [0.1, 0.15) is 5.75 Å². The molecule has 0 fully saturated rings. The van der Waals surface area contributed by atoms with E-state index in [-0.39, 0.29) is 10.6 Å². The van der Waals surface area contributed by atoms with E-state index in [1.807, 2.05) is 13.8 Å². The van der Waals surface area contributed by atoms with Crippen molar-refractivity contribution in [3.8, 4) is 0 Å². The second kappa shape index (κ2) is 6.56. The quantitative estimate of drug-likeness (QED) is 0.608. The van der Waals surface area contributed by atoms with Crippen LogP contribution in [-0.4, -0.2) is 26.6 Å². The minimum atomic E-state index is -3.68. The predicted octanol–water partition coefficient (Wildman–Crippen LogP) is 1.27. The fraction of sp³-hybridized carbons (Fsp3) is 0.462. The van der Waals surface area contributed by atoms with Crippen LogP contribution in [-0.2, 0) is 14.6 Å². The van der Waals surface area contributed by atoms with E-state index in [9.17, 15) is 13.2 Å². The van der Waals surface area contributed by atoms with E-state index in [2.05, 4.69) is 5.32 Å². The number of nitrogen functional groups attached to an aromatic ring is 1. The van der Waals surface area contributed by atoms with Crippen molar-refractivity contribution in [1.29, 1.82) is 0 Å². The lowest BCUT2D eigenvalue weighted by molar-refractivity contribution is -0.118. The number of rotatable bonds is 6. The molecular weight excluding hydrogens is 264 g/mol. The zero-order chi connectivity index (χ0) is 14.5. The molecule has 0 aliphatic heterocycles. The van der Waals surface area contributed by atoms with Gasteiger partial charge >= 0.3 is 0 Å². The van der Waals surface area contributed by atoms with Gasteiger partial charge in [0, 0.05) is 6.54 Å². The molecule has 1 amide bonds. The molecular formula is C13H20N2O3S. The number of unbranched alkanes of at least 4 members (excludes halogenated alkanes) is 1. The second-order valence-electron chi connectivity index (χ2n) is 4.50. The lowest BCUT2D eigenvalue weighted by atomic mass is 10.2. The number of carbonyl (C=O) groups excluding carboxylic acids is 1. The SMILES string of the molecule is CCCCNC(=O)CS(=O)(=O)c1ccc(C)cc1N. The van der Waals surface area contributed by atoms with Crippen LogP contribution in [0.15, 0.2) is 23.1 Å². The number of hydrogen-bond donors (Lipinski definition) is 2. The van der Waals surface area contributed by atoms with E-state index in [0.29, 0.717) is 6.54 Å². The molecule has 106 valence electrons. The number of benzene rings is 1. The Morgan fingerprint density at radius 3 is 2.63 bits per heavy atom. The largest absolute Gasteiger partial charge is 0.398 e. The van der Waals surface area contributed by atoms with Crippen LogP contribution in [0.5, 0.6) is 0 Å². The number of anilines is 1. The monoisotopic (exact) mass is 284 g/mol. The molecule has 6 heteroatoms. The molecule has 0 spiro atoms. The van der Waals surface area contributed by atoms with E-state index in [4.69, 9.17) is 5.73 Å². The fourth-order valence-electron chi connectivity index (χ4n) is 1.66. The van der Waals surface area contributed by atoms with Crippen molar-refractivity contribution in [3.05, 3.63) is 23.8 Å². The van der Waals surface area contributed by atoms with Gasteiger partial charge in [0.15, 0.2) is 9.84 Å². The molecule has 0 heterocycles. The standard InChI is InChI=1S/C13H20N2O3S/c1-3-4-7-15-13(16)9-19(17,18)12-6-5-10(2)8-11(12)14/h5-6,8H,3-4,7,9,14H2,1-2H3,(H,15,16). The highest BCUT2D eigenvalue weighted by Crippen LogP contribution is 2.20. The third-order valence-corrected chi connectivity index (χ3v) is 4.36. The summed E-state index contributed by atoms with van der Waals surface area (Å²) >= 11 is 0. The van der Waals surface area contributed by atoms with Crippen LogP contribution in [0.2, 0.25) is 0 Å². The van der Waals surface area contributed by atoms with Crippen LogP contribution in [0.4, 0.5) is 5.69 Å². The van der Waals surface area contributed by atoms with Gasteiger partial charge in [-0.25, -0.2) is 8.42 Å². The zero-order valence-electron chi connectivity index (χ0n) is 11.3. The Bertz CT molecular complexity index is 553. The molecule has 0 unspecified atom stereocenters. The first-order valence-electron chi connectivity index (χ1n) is 6.22. The van der Waals surface area contributed by atoms with Crippen LogP contribution in [0.3, 0.4) is 0 Å². The van der Waals surface area contributed by atoms with Gasteiger partial charge in [0.2, 0.25) is 5.91 Å². The van der Waals surface area contributed by atoms with Gasteiger partial charge in [0.05, 0.1) is 10.6 Å². The Kier molecular flexibility index (Phi) is 5.35. The smallest absolute Gasteiger partial charge is 0.235 e. The summed E-state index contributed by atoms with van der Waals surface area (Å²) < 4.78 is 24.1. The lowest BCUT2D eigenvalue weighted by Crippen LogP contribution is -2.31. The van der Waals surface area contributed by atoms with Crippen molar-refractivity contribution >= 4 is 21.4 Å². The Morgan fingerprint density at radius 2 is 2.05 bits per heavy atom. The Hall–Kier alpha value is -1.56. The summed E-state index contributed by atoms with van der Waals surface area (Å²) in [5.41, 5.74) is 6.75. The molecule has 0 aliphatic carbocycles. The second-order valence-corrected chi connectivity index (χ2v) is 6.46. The van der Waals surface area contributed by atoms with Gasteiger partial charge in [-0.15, -0.1) is 0 Å². The number of sulfone groups is 1. The highest BCUT2D eigenvalue weighted by Gasteiger charge is 2.21. The molecule has 0 saturated carbocycles. The number of hydrogen-bond acceptors (Lipinski definition) is 4. The van der Waals surface area contributed by atoms with Crippen LogP contribution in [0.25, 0.3) is 0 Å². The van der Waals surface area contributed by atoms with Gasteiger partial charge in [-0.3, -0.25) is 4.79 Å². The molecule has 1 aromatic carbocycles. The lowest BCUT2D eigenvalue weighted by Gasteiger charge is -2.08. The number of amides is 1. The average molecular weight is 284 g/mol. The van der Waals surface area contributed by atoms with Gasteiger partial charge in [-0.1, -0.05) is 19.4 Å². The molecule has 1 aromatic rings. The van der Waals surface area contributed by atoms with E-state index >= 15 is 0 Å². The van der Waals surface area contributed by atoms with Gasteiger partial charge < -0.3 is 11.1 Å². The fourth-order valence-corrected chi connectivity index (χ4v) is 2.95. The normalized spacial score (nSPS) is 11.3. The third-order valence-electron chi connectivity index (χ3n) is 2.67. The predicted molar refractivity (Wildman–Crippen MR) is 75.6 cm³/mol. The van der Waals surface area contributed by atoms with Crippen LogP contribution >= 0.6 is 0 Å². The molecule has 1 rings (SSSR count). The summed E-state index contributed by atoms with van der Waals surface area (Å²) in [6.07, 6.45) is 1.77. The molecule has 0 bridgehead atoms. The zero-order valence-corrected chi connectivity index (χ0v) is 12.1. The maximum Gasteiger partial charge on any atom is 0.235 e. The van der Waals surface area contributed by atoms with Crippen LogP contribution in [0, 0.1) is 6.92 Å². The molecule has 0 radical (unpaired) electrons. The van der Waals surface area contributed by atoms with E-state index in [0.717, 1.165) is 18.4 Å². The molecule has 0 aliphatic rings. The van der Waals surface area contributed by atoms with E-state index in [1.54, 1.807) is 12.1 Å². The summed E-state index contributed by atoms with van der Waals surface area (Å²) in [5.74, 6) is -1.06. The Balaban J connectivity index is 2.78. The highest BCUT2D eigenvalue weighted by atomic mass is 32.2. The van der Waals surface area contributed by atoms with Crippen molar-refractivity contribution in [2.24, 2.45) is 0 Å². The molecule has 19 heavy (non-hydrogen) atoms. The van der Waals surface area contributed by atoms with Crippen molar-refractivity contribution in [2.45, 2.75) is 31.6 Å². The maximum atomic E-state index is 12.1. The average Bonchev–Trinajstić information content (AvgIpc) is 2.27. The highest BCUT2D eigenvalue weighted by molar-refractivity contribution is 7.92. The third kappa shape index (κ3) is 4.55. The summed E-state index contributed by atoms with van der Waals surface area (Å²) in [6, 6.07) is 4.69. The maximum absolute atomic E-state index is 12.1. The number of nitrogens with one attached hydrogen (secondary N) is 1. The van der Waals surface area contributed by atoms with Crippen molar-refractivity contribution in [3.63, 3.8) is 0 Å². The molecule has 3 N–H and O–H groups in total. The van der Waals surface area contributed by atoms with Gasteiger partial charge in [-0.05, 0) is 31.0 Å². The molecule has 0 aromatic heterocycles. The van der Waals surface area contributed by atoms with Gasteiger partial charge in [0.25, 0.3) is 0 Å². The van der Waals surface area contributed by atoms with Gasteiger partial charge in [-0.2, -0.15) is 0 Å². The summed E-state index contributed by atoms with van der Waals surface area (Å²) in [4.78, 5) is 11.6. The number of aryl methyl sites for hydroxylation is 1. The van der Waals surface area contributed by atoms with Crippen LogP contribution < -0.4 is 11.1 Å². The minimum absolute atomic E-state index is 0.0174. The summed E-state index contributed by atoms with van der Waals surface area (Å²) in [5, 5.41) is 2.58. The molecule has 0 saturated heterocycles. The first-order valence-corrected chi connectivity index (χ1v) is 7.87. The molecule has 0 atom stereocenters. The van der Waals surface area contributed by atoms with Crippen molar-refractivity contribution in [1.82, 2.24) is 5.32 Å². The number of carbonyl (C=O) groups is 1. The Labute approximate surface area is 114 Å². The van der Waals surface area contributed by atoms with Crippen molar-refractivity contribution in [2.75, 3.05) is 18.0 Å². The van der Waals surface area contributed by atoms with Crippen molar-refractivity contribution < 1.29 is 13.2 Å². The first-order chi connectivity index (χ1) is 8.86. The van der Waals surface area contributed by atoms with E-state index < -0.39 is 21.5 Å². The summed E-state index contributed by atoms with van der Waals surface area (Å²) in [6.45, 7) is 4.31. The van der Waals surface area contributed by atoms with E-state index in [1.165, 1.54) is 6.07 Å². The van der Waals surface area contributed by atoms with Crippen LogP contribution in [0.1, 0.15) is 25.3 Å². The first kappa shape index (κ1) is 15.5. The minimum Gasteiger partial charge on any atom is -0.398 e.